The van der Waals surface area contributed by atoms with Gasteiger partial charge in [-0.2, -0.15) is 5.48 Å². The number of nitrogens with one attached hydrogen (secondary N) is 1. The maximum absolute atomic E-state index is 9.69. The standard InChI is InChI=1S/C14H23NO3/c1-11-5-7-13(8-6-11)17-10-12(16)9-15-18-14(2,3)4/h5-8,12,15-16H,9-10H2,1-4H3. The monoisotopic (exact) mass is 253 g/mol. The van der Waals surface area contributed by atoms with E-state index in [1.54, 1.807) is 0 Å². The van der Waals surface area contributed by atoms with Crippen molar-refractivity contribution < 1.29 is 14.7 Å². The largest absolute Gasteiger partial charge is 0.491 e. The molecular weight excluding hydrogens is 230 g/mol. The lowest BCUT2D eigenvalue weighted by Gasteiger charge is -2.21. The highest BCUT2D eigenvalue weighted by Crippen LogP contribution is 2.11. The van der Waals surface area contributed by atoms with E-state index in [-0.39, 0.29) is 12.2 Å². The van der Waals surface area contributed by atoms with Crippen LogP contribution in [-0.4, -0.2) is 30.0 Å². The molecule has 1 rings (SSSR count). The lowest BCUT2D eigenvalue weighted by molar-refractivity contribution is -0.0857. The molecule has 1 atom stereocenters. The van der Waals surface area contributed by atoms with Crippen molar-refractivity contribution in [1.29, 1.82) is 0 Å². The van der Waals surface area contributed by atoms with Crippen LogP contribution in [0.25, 0.3) is 0 Å². The molecule has 4 nitrogen and oxygen atoms in total. The van der Waals surface area contributed by atoms with Gasteiger partial charge in [0.25, 0.3) is 0 Å². The van der Waals surface area contributed by atoms with Crippen molar-refractivity contribution in [2.45, 2.75) is 39.4 Å². The Morgan fingerprint density at radius 1 is 1.22 bits per heavy atom. The van der Waals surface area contributed by atoms with Crippen molar-refractivity contribution in [3.05, 3.63) is 29.8 Å². The summed E-state index contributed by atoms with van der Waals surface area (Å²) in [6.45, 7) is 8.42. The molecular formula is C14H23NO3. The van der Waals surface area contributed by atoms with Crippen LogP contribution in [0.1, 0.15) is 26.3 Å². The number of aliphatic hydroxyl groups is 1. The number of aryl methyl sites for hydroxylation is 1. The fourth-order valence-electron chi connectivity index (χ4n) is 1.24. The molecule has 0 saturated heterocycles. The van der Waals surface area contributed by atoms with Crippen molar-refractivity contribution >= 4 is 0 Å². The molecule has 102 valence electrons. The smallest absolute Gasteiger partial charge is 0.119 e. The number of hydrogen-bond donors (Lipinski definition) is 2. The minimum atomic E-state index is -0.603. The van der Waals surface area contributed by atoms with E-state index in [0.29, 0.717) is 6.54 Å². The third-order valence-corrected chi connectivity index (χ3v) is 2.16. The molecule has 1 aromatic rings. The third kappa shape index (κ3) is 6.59. The molecule has 0 bridgehead atoms. The van der Waals surface area contributed by atoms with Gasteiger partial charge in [0, 0.05) is 0 Å². The molecule has 2 N–H and O–H groups in total. The Kier molecular flexibility index (Phi) is 5.59. The molecule has 0 amide bonds. The Labute approximate surface area is 109 Å². The van der Waals surface area contributed by atoms with E-state index in [1.165, 1.54) is 5.56 Å². The quantitative estimate of drug-likeness (QED) is 0.762. The van der Waals surface area contributed by atoms with Gasteiger partial charge in [0.05, 0.1) is 12.1 Å². The van der Waals surface area contributed by atoms with E-state index in [4.69, 9.17) is 9.57 Å². The zero-order valence-corrected chi connectivity index (χ0v) is 11.6. The Hall–Kier alpha value is -1.10. The summed E-state index contributed by atoms with van der Waals surface area (Å²) in [6.07, 6.45) is -0.603. The maximum Gasteiger partial charge on any atom is 0.119 e. The Bertz CT molecular complexity index is 343. The van der Waals surface area contributed by atoms with Crippen molar-refractivity contribution in [3.63, 3.8) is 0 Å². The third-order valence-electron chi connectivity index (χ3n) is 2.16. The molecule has 0 spiro atoms. The van der Waals surface area contributed by atoms with Gasteiger partial charge >= 0.3 is 0 Å². The second-order valence-electron chi connectivity index (χ2n) is 5.34. The van der Waals surface area contributed by atoms with Crippen molar-refractivity contribution in [1.82, 2.24) is 5.48 Å². The zero-order chi connectivity index (χ0) is 13.6. The summed E-state index contributed by atoms with van der Waals surface area (Å²) in [5.74, 6) is 0.761. The molecule has 0 aliphatic heterocycles. The number of hydroxylamine groups is 1. The second kappa shape index (κ2) is 6.73. The van der Waals surface area contributed by atoms with Crippen LogP contribution in [-0.2, 0) is 4.84 Å². The van der Waals surface area contributed by atoms with Crippen LogP contribution in [0.15, 0.2) is 24.3 Å². The summed E-state index contributed by atoms with van der Waals surface area (Å²) in [7, 11) is 0. The van der Waals surface area contributed by atoms with Crippen molar-refractivity contribution in [3.8, 4) is 5.75 Å². The zero-order valence-electron chi connectivity index (χ0n) is 11.6. The normalized spacial score (nSPS) is 13.4. The van der Waals surface area contributed by atoms with E-state index in [0.717, 1.165) is 5.75 Å². The highest BCUT2D eigenvalue weighted by molar-refractivity contribution is 5.26. The molecule has 1 aromatic carbocycles. The SMILES string of the molecule is Cc1ccc(OCC(O)CNOC(C)(C)C)cc1. The fraction of sp³-hybridized carbons (Fsp3) is 0.571. The molecule has 18 heavy (non-hydrogen) atoms. The van der Waals surface area contributed by atoms with Crippen LogP contribution in [0, 0.1) is 6.92 Å². The molecule has 4 heteroatoms. The molecule has 0 aliphatic rings. The molecule has 0 fully saturated rings. The van der Waals surface area contributed by atoms with Crippen molar-refractivity contribution in [2.75, 3.05) is 13.2 Å². The lowest BCUT2D eigenvalue weighted by atomic mass is 10.2. The number of hydrogen-bond acceptors (Lipinski definition) is 4. The summed E-state index contributed by atoms with van der Waals surface area (Å²) >= 11 is 0. The van der Waals surface area contributed by atoms with Gasteiger partial charge < -0.3 is 9.84 Å². The molecule has 0 saturated carbocycles. The van der Waals surface area contributed by atoms with Gasteiger partial charge in [-0.05, 0) is 39.8 Å². The van der Waals surface area contributed by atoms with Gasteiger partial charge in [0.15, 0.2) is 0 Å². The minimum absolute atomic E-state index is 0.240. The molecule has 0 aliphatic carbocycles. The Morgan fingerprint density at radius 2 is 1.83 bits per heavy atom. The minimum Gasteiger partial charge on any atom is -0.491 e. The average Bonchev–Trinajstić information content (AvgIpc) is 2.26. The Morgan fingerprint density at radius 3 is 2.39 bits per heavy atom. The lowest BCUT2D eigenvalue weighted by Crippen LogP contribution is -2.36. The molecule has 1 unspecified atom stereocenters. The predicted molar refractivity (Wildman–Crippen MR) is 71.5 cm³/mol. The first kappa shape index (κ1) is 15.0. The highest BCUT2D eigenvalue weighted by atomic mass is 16.7. The fourth-order valence-corrected chi connectivity index (χ4v) is 1.24. The second-order valence-corrected chi connectivity index (χ2v) is 5.34. The average molecular weight is 253 g/mol. The summed E-state index contributed by atoms with van der Waals surface area (Å²) in [5.41, 5.74) is 3.66. The van der Waals surface area contributed by atoms with Crippen LogP contribution in [0.3, 0.4) is 0 Å². The first-order chi connectivity index (χ1) is 8.37. The van der Waals surface area contributed by atoms with Gasteiger partial charge in [-0.3, -0.25) is 4.84 Å². The van der Waals surface area contributed by atoms with Crippen LogP contribution in [0.5, 0.6) is 5.75 Å². The first-order valence-corrected chi connectivity index (χ1v) is 6.15. The predicted octanol–water partition coefficient (Wildman–Crippen LogP) is 2.05. The van der Waals surface area contributed by atoms with Crippen LogP contribution < -0.4 is 10.2 Å². The van der Waals surface area contributed by atoms with E-state index in [9.17, 15) is 5.11 Å². The molecule has 0 radical (unpaired) electrons. The van der Waals surface area contributed by atoms with Gasteiger partial charge in [0.1, 0.15) is 18.5 Å². The number of ether oxygens (including phenoxy) is 1. The number of rotatable bonds is 6. The Balaban J connectivity index is 2.21. The van der Waals surface area contributed by atoms with Crippen LogP contribution in [0.2, 0.25) is 0 Å². The molecule has 0 heterocycles. The topological polar surface area (TPSA) is 50.7 Å². The van der Waals surface area contributed by atoms with Crippen molar-refractivity contribution in [2.24, 2.45) is 0 Å². The van der Waals surface area contributed by atoms with Gasteiger partial charge in [-0.25, -0.2) is 0 Å². The highest BCUT2D eigenvalue weighted by Gasteiger charge is 2.12. The van der Waals surface area contributed by atoms with E-state index in [1.807, 2.05) is 52.0 Å². The van der Waals surface area contributed by atoms with Gasteiger partial charge in [-0.15, -0.1) is 0 Å². The first-order valence-electron chi connectivity index (χ1n) is 6.15. The van der Waals surface area contributed by atoms with Gasteiger partial charge in [0.2, 0.25) is 0 Å². The number of aliphatic hydroxyl groups excluding tert-OH is 1. The molecule has 0 aromatic heterocycles. The van der Waals surface area contributed by atoms with E-state index < -0.39 is 6.10 Å². The maximum atomic E-state index is 9.69. The van der Waals surface area contributed by atoms with Gasteiger partial charge in [-0.1, -0.05) is 17.7 Å². The van der Waals surface area contributed by atoms with Crippen LogP contribution >= 0.6 is 0 Å². The van der Waals surface area contributed by atoms with E-state index in [2.05, 4.69) is 5.48 Å². The van der Waals surface area contributed by atoms with Crippen LogP contribution in [0.4, 0.5) is 0 Å². The van der Waals surface area contributed by atoms with E-state index >= 15 is 0 Å². The summed E-state index contributed by atoms with van der Waals surface area (Å²) < 4.78 is 5.46. The summed E-state index contributed by atoms with van der Waals surface area (Å²) in [5, 5.41) is 9.69. The summed E-state index contributed by atoms with van der Waals surface area (Å²) in [6, 6.07) is 7.73. The number of benzene rings is 1. The summed E-state index contributed by atoms with van der Waals surface area (Å²) in [4.78, 5) is 5.30.